The maximum absolute atomic E-state index is 5.45. The number of nitrogens with one attached hydrogen (secondary N) is 1. The van der Waals surface area contributed by atoms with E-state index in [0.717, 1.165) is 12.4 Å². The molecule has 2 rings (SSSR count). The number of hydrogen-bond acceptors (Lipinski definition) is 4. The molecular weight excluding hydrogens is 220 g/mol. The molecule has 1 saturated carbocycles. The Morgan fingerprint density at radius 1 is 1.50 bits per heavy atom. The van der Waals surface area contributed by atoms with Gasteiger partial charge in [-0.2, -0.15) is 0 Å². The Morgan fingerprint density at radius 3 is 2.69 bits per heavy atom. The standard InChI is InChI=1S/C11H16N4S/c1-11(3-2-4-11)7-15-9-6-13-8(5-14-9)10(12)16/h5-6H,2-4,7H2,1H3,(H2,12,16)(H,14,15). The number of rotatable bonds is 4. The molecule has 4 nitrogen and oxygen atoms in total. The summed E-state index contributed by atoms with van der Waals surface area (Å²) in [4.78, 5) is 8.63. The molecule has 0 bridgehead atoms. The first kappa shape index (κ1) is 11.3. The Kier molecular flexibility index (Phi) is 3.05. The average Bonchev–Trinajstić information content (AvgIpc) is 2.24. The molecule has 1 aromatic rings. The molecule has 0 aliphatic heterocycles. The van der Waals surface area contributed by atoms with E-state index in [1.165, 1.54) is 19.3 Å². The van der Waals surface area contributed by atoms with Crippen LogP contribution in [-0.4, -0.2) is 21.5 Å². The summed E-state index contributed by atoms with van der Waals surface area (Å²) in [7, 11) is 0. The van der Waals surface area contributed by atoms with Crippen molar-refractivity contribution in [2.45, 2.75) is 26.2 Å². The lowest BCUT2D eigenvalue weighted by Crippen LogP contribution is -2.33. The lowest BCUT2D eigenvalue weighted by Gasteiger charge is -2.38. The van der Waals surface area contributed by atoms with Crippen molar-refractivity contribution >= 4 is 23.0 Å². The van der Waals surface area contributed by atoms with Gasteiger partial charge in [0.05, 0.1) is 12.4 Å². The first-order valence-electron chi connectivity index (χ1n) is 5.45. The van der Waals surface area contributed by atoms with Crippen molar-refractivity contribution in [1.29, 1.82) is 0 Å². The third kappa shape index (κ3) is 2.47. The van der Waals surface area contributed by atoms with Crippen molar-refractivity contribution in [3.05, 3.63) is 18.1 Å². The van der Waals surface area contributed by atoms with Crippen LogP contribution in [0.3, 0.4) is 0 Å². The molecule has 0 radical (unpaired) electrons. The summed E-state index contributed by atoms with van der Waals surface area (Å²) in [5.74, 6) is 0.785. The molecule has 1 heterocycles. The molecule has 0 unspecified atom stereocenters. The van der Waals surface area contributed by atoms with E-state index in [2.05, 4.69) is 22.2 Å². The monoisotopic (exact) mass is 236 g/mol. The van der Waals surface area contributed by atoms with Gasteiger partial charge < -0.3 is 11.1 Å². The van der Waals surface area contributed by atoms with Gasteiger partial charge in [-0.1, -0.05) is 25.6 Å². The van der Waals surface area contributed by atoms with Gasteiger partial charge in [0, 0.05) is 6.54 Å². The van der Waals surface area contributed by atoms with E-state index in [0.29, 0.717) is 11.1 Å². The Bertz CT molecular complexity index is 383. The highest BCUT2D eigenvalue weighted by atomic mass is 32.1. The summed E-state index contributed by atoms with van der Waals surface area (Å²) in [6.07, 6.45) is 7.20. The van der Waals surface area contributed by atoms with Crippen LogP contribution >= 0.6 is 12.2 Å². The second kappa shape index (κ2) is 4.33. The van der Waals surface area contributed by atoms with Crippen LogP contribution in [0.2, 0.25) is 0 Å². The number of aromatic nitrogens is 2. The van der Waals surface area contributed by atoms with E-state index in [-0.39, 0.29) is 4.99 Å². The fourth-order valence-corrected chi connectivity index (χ4v) is 1.91. The SMILES string of the molecule is CC1(CNc2cnc(C(N)=S)cn2)CCC1. The highest BCUT2D eigenvalue weighted by molar-refractivity contribution is 7.80. The van der Waals surface area contributed by atoms with Gasteiger partial charge in [0.1, 0.15) is 16.5 Å². The summed E-state index contributed by atoms with van der Waals surface area (Å²) < 4.78 is 0. The molecule has 3 N–H and O–H groups in total. The van der Waals surface area contributed by atoms with Crippen molar-refractivity contribution in [2.75, 3.05) is 11.9 Å². The van der Waals surface area contributed by atoms with Crippen LogP contribution in [-0.2, 0) is 0 Å². The van der Waals surface area contributed by atoms with Crippen LogP contribution in [0.25, 0.3) is 0 Å². The molecule has 16 heavy (non-hydrogen) atoms. The lowest BCUT2D eigenvalue weighted by atomic mass is 9.70. The molecule has 1 aromatic heterocycles. The van der Waals surface area contributed by atoms with Crippen LogP contribution in [0, 0.1) is 5.41 Å². The quantitative estimate of drug-likeness (QED) is 0.779. The average molecular weight is 236 g/mol. The van der Waals surface area contributed by atoms with E-state index in [9.17, 15) is 0 Å². The number of thiocarbonyl (C=S) groups is 1. The Balaban J connectivity index is 1.92. The van der Waals surface area contributed by atoms with Gasteiger partial charge >= 0.3 is 0 Å². The molecule has 1 aliphatic rings. The van der Waals surface area contributed by atoms with Gasteiger partial charge in [-0.3, -0.25) is 0 Å². The molecule has 0 atom stereocenters. The molecular formula is C11H16N4S. The molecule has 1 fully saturated rings. The summed E-state index contributed by atoms with van der Waals surface area (Å²) in [5, 5.41) is 3.30. The number of nitrogens with zero attached hydrogens (tertiary/aromatic N) is 2. The Morgan fingerprint density at radius 2 is 2.25 bits per heavy atom. The first-order valence-corrected chi connectivity index (χ1v) is 5.86. The van der Waals surface area contributed by atoms with E-state index in [1.807, 2.05) is 0 Å². The van der Waals surface area contributed by atoms with Crippen molar-refractivity contribution in [2.24, 2.45) is 11.1 Å². The van der Waals surface area contributed by atoms with Gasteiger partial charge in [0.15, 0.2) is 0 Å². The van der Waals surface area contributed by atoms with E-state index < -0.39 is 0 Å². The first-order chi connectivity index (χ1) is 7.59. The highest BCUT2D eigenvalue weighted by Crippen LogP contribution is 2.39. The number of hydrogen-bond donors (Lipinski definition) is 2. The zero-order chi connectivity index (χ0) is 11.6. The third-order valence-corrected chi connectivity index (χ3v) is 3.37. The van der Waals surface area contributed by atoms with Crippen LogP contribution in [0.1, 0.15) is 31.9 Å². The Labute approximate surface area is 101 Å². The predicted octanol–water partition coefficient (Wildman–Crippen LogP) is 1.71. The maximum atomic E-state index is 5.45. The molecule has 0 aromatic carbocycles. The largest absolute Gasteiger partial charge is 0.388 e. The van der Waals surface area contributed by atoms with E-state index in [4.69, 9.17) is 18.0 Å². The van der Waals surface area contributed by atoms with Crippen LogP contribution in [0.5, 0.6) is 0 Å². The van der Waals surface area contributed by atoms with Crippen LogP contribution in [0.15, 0.2) is 12.4 Å². The molecule has 86 valence electrons. The van der Waals surface area contributed by atoms with Gasteiger partial charge in [-0.05, 0) is 18.3 Å². The highest BCUT2D eigenvalue weighted by Gasteiger charge is 2.31. The minimum Gasteiger partial charge on any atom is -0.388 e. The molecule has 0 amide bonds. The summed E-state index contributed by atoms with van der Waals surface area (Å²) in [5.41, 5.74) is 6.45. The number of anilines is 1. The van der Waals surface area contributed by atoms with Gasteiger partial charge in [0.2, 0.25) is 0 Å². The van der Waals surface area contributed by atoms with Gasteiger partial charge in [-0.15, -0.1) is 0 Å². The minimum absolute atomic E-state index is 0.282. The second-order valence-corrected chi connectivity index (χ2v) is 5.11. The molecule has 0 spiro atoms. The minimum atomic E-state index is 0.282. The predicted molar refractivity (Wildman–Crippen MR) is 68.4 cm³/mol. The maximum Gasteiger partial charge on any atom is 0.144 e. The van der Waals surface area contributed by atoms with Crippen molar-refractivity contribution in [3.8, 4) is 0 Å². The van der Waals surface area contributed by atoms with E-state index in [1.54, 1.807) is 12.4 Å². The summed E-state index contributed by atoms with van der Waals surface area (Å²) in [6.45, 7) is 3.24. The number of nitrogens with two attached hydrogens (primary N) is 1. The second-order valence-electron chi connectivity index (χ2n) is 4.67. The molecule has 5 heteroatoms. The summed E-state index contributed by atoms with van der Waals surface area (Å²) in [6, 6.07) is 0. The third-order valence-electron chi connectivity index (χ3n) is 3.16. The van der Waals surface area contributed by atoms with E-state index >= 15 is 0 Å². The fourth-order valence-electron chi connectivity index (χ4n) is 1.81. The molecule has 0 saturated heterocycles. The normalized spacial score (nSPS) is 17.6. The Hall–Kier alpha value is -1.23. The van der Waals surface area contributed by atoms with Crippen LogP contribution < -0.4 is 11.1 Å². The smallest absolute Gasteiger partial charge is 0.144 e. The van der Waals surface area contributed by atoms with Gasteiger partial charge in [-0.25, -0.2) is 9.97 Å². The van der Waals surface area contributed by atoms with Crippen molar-refractivity contribution < 1.29 is 0 Å². The topological polar surface area (TPSA) is 63.8 Å². The van der Waals surface area contributed by atoms with Crippen molar-refractivity contribution in [3.63, 3.8) is 0 Å². The van der Waals surface area contributed by atoms with Gasteiger partial charge in [0.25, 0.3) is 0 Å². The lowest BCUT2D eigenvalue weighted by molar-refractivity contribution is 0.180. The molecule has 1 aliphatic carbocycles. The summed E-state index contributed by atoms with van der Waals surface area (Å²) >= 11 is 4.81. The zero-order valence-corrected chi connectivity index (χ0v) is 10.2. The zero-order valence-electron chi connectivity index (χ0n) is 9.36. The fraction of sp³-hybridized carbons (Fsp3) is 0.545. The van der Waals surface area contributed by atoms with Crippen molar-refractivity contribution in [1.82, 2.24) is 9.97 Å². The van der Waals surface area contributed by atoms with Crippen LogP contribution in [0.4, 0.5) is 5.82 Å².